The van der Waals surface area contributed by atoms with Crippen molar-refractivity contribution in [2.24, 2.45) is 0 Å². The average Bonchev–Trinajstić information content (AvgIpc) is 3.22. The van der Waals surface area contributed by atoms with E-state index in [9.17, 15) is 4.79 Å². The van der Waals surface area contributed by atoms with Crippen LogP contribution in [0, 0.1) is 0 Å². The molecule has 1 heterocycles. The zero-order valence-electron chi connectivity index (χ0n) is 16.2. The minimum absolute atomic E-state index is 0.176. The van der Waals surface area contributed by atoms with Crippen LogP contribution < -0.4 is 10.1 Å². The summed E-state index contributed by atoms with van der Waals surface area (Å²) in [7, 11) is 1.55. The van der Waals surface area contributed by atoms with Crippen LogP contribution in [0.3, 0.4) is 0 Å². The second-order valence-corrected chi connectivity index (χ2v) is 7.89. The zero-order valence-corrected chi connectivity index (χ0v) is 16.9. The van der Waals surface area contributed by atoms with Crippen LogP contribution in [-0.4, -0.2) is 36.5 Å². The van der Waals surface area contributed by atoms with E-state index in [0.29, 0.717) is 16.3 Å². The molecular weight excluding hydrogens is 360 g/mol. The molecule has 1 aliphatic rings. The molecule has 0 saturated carbocycles. The predicted octanol–water partition coefficient (Wildman–Crippen LogP) is 4.69. The largest absolute Gasteiger partial charge is 0.496 e. The molecule has 144 valence electrons. The van der Waals surface area contributed by atoms with Gasteiger partial charge in [0.25, 0.3) is 5.91 Å². The van der Waals surface area contributed by atoms with E-state index in [1.807, 2.05) is 18.2 Å². The van der Waals surface area contributed by atoms with E-state index >= 15 is 0 Å². The summed E-state index contributed by atoms with van der Waals surface area (Å²) in [6, 6.07) is 15.2. The molecule has 27 heavy (non-hydrogen) atoms. The van der Waals surface area contributed by atoms with Crippen LogP contribution in [0.2, 0.25) is 5.02 Å². The maximum Gasteiger partial charge on any atom is 0.257 e. The van der Waals surface area contributed by atoms with E-state index < -0.39 is 0 Å². The van der Waals surface area contributed by atoms with Gasteiger partial charge in [-0.2, -0.15) is 0 Å². The summed E-state index contributed by atoms with van der Waals surface area (Å²) in [4.78, 5) is 15.6. The van der Waals surface area contributed by atoms with Crippen LogP contribution >= 0.6 is 11.6 Å². The highest BCUT2D eigenvalue weighted by Crippen LogP contribution is 2.35. The molecule has 0 bridgehead atoms. The topological polar surface area (TPSA) is 41.6 Å². The molecule has 1 amide bonds. The highest BCUT2D eigenvalue weighted by atomic mass is 35.5. The fraction of sp³-hybridized carbons (Fsp3) is 0.409. The van der Waals surface area contributed by atoms with Gasteiger partial charge in [0.2, 0.25) is 0 Å². The first-order valence-electron chi connectivity index (χ1n) is 9.38. The number of hydrogen-bond acceptors (Lipinski definition) is 3. The number of hydrogen-bond donors (Lipinski definition) is 1. The van der Waals surface area contributed by atoms with Crippen molar-refractivity contribution in [2.45, 2.75) is 38.3 Å². The van der Waals surface area contributed by atoms with Crippen molar-refractivity contribution in [1.82, 2.24) is 10.2 Å². The maximum absolute atomic E-state index is 13.2. The summed E-state index contributed by atoms with van der Waals surface area (Å²) in [5.41, 5.74) is 1.22. The Morgan fingerprint density at radius 1 is 1.11 bits per heavy atom. The van der Waals surface area contributed by atoms with Crippen molar-refractivity contribution >= 4 is 17.5 Å². The van der Waals surface area contributed by atoms with E-state index in [2.05, 4.69) is 36.2 Å². The third-order valence-corrected chi connectivity index (χ3v) is 5.77. The van der Waals surface area contributed by atoms with Gasteiger partial charge in [0.15, 0.2) is 0 Å². The predicted molar refractivity (Wildman–Crippen MR) is 110 cm³/mol. The number of methoxy groups -OCH3 is 1. The number of carbonyl (C=O) groups excluding carboxylic acids is 1. The van der Waals surface area contributed by atoms with E-state index in [0.717, 1.165) is 18.7 Å². The fourth-order valence-corrected chi connectivity index (χ4v) is 4.14. The lowest BCUT2D eigenvalue weighted by molar-refractivity contribution is 0.0776. The van der Waals surface area contributed by atoms with Gasteiger partial charge >= 0.3 is 0 Å². The minimum Gasteiger partial charge on any atom is -0.496 e. The van der Waals surface area contributed by atoms with Gasteiger partial charge in [-0.25, -0.2) is 0 Å². The van der Waals surface area contributed by atoms with Gasteiger partial charge in [0.1, 0.15) is 5.75 Å². The molecule has 0 aliphatic carbocycles. The second kappa shape index (κ2) is 8.32. The van der Waals surface area contributed by atoms with Crippen molar-refractivity contribution in [3.8, 4) is 5.75 Å². The summed E-state index contributed by atoms with van der Waals surface area (Å²) in [6.07, 6.45) is 2.38. The van der Waals surface area contributed by atoms with Gasteiger partial charge in [0.05, 0.1) is 23.7 Å². The van der Waals surface area contributed by atoms with Gasteiger partial charge in [-0.3, -0.25) is 9.69 Å². The van der Waals surface area contributed by atoms with Gasteiger partial charge in [-0.1, -0.05) is 48.0 Å². The van der Waals surface area contributed by atoms with Crippen LogP contribution in [-0.2, 0) is 0 Å². The van der Waals surface area contributed by atoms with Crippen LogP contribution in [0.5, 0.6) is 5.75 Å². The molecule has 1 N–H and O–H groups in total. The summed E-state index contributed by atoms with van der Waals surface area (Å²) in [5, 5.41) is 3.62. The molecule has 3 rings (SSSR count). The number of nitrogens with one attached hydrogen (secondary N) is 1. The lowest BCUT2D eigenvalue weighted by Crippen LogP contribution is -2.52. The Balaban J connectivity index is 1.96. The van der Waals surface area contributed by atoms with E-state index in [1.54, 1.807) is 25.3 Å². The smallest absolute Gasteiger partial charge is 0.257 e. The molecule has 0 aromatic heterocycles. The molecule has 4 nitrogen and oxygen atoms in total. The highest BCUT2D eigenvalue weighted by molar-refractivity contribution is 6.34. The highest BCUT2D eigenvalue weighted by Gasteiger charge is 2.39. The van der Waals surface area contributed by atoms with Gasteiger partial charge < -0.3 is 10.1 Å². The summed E-state index contributed by atoms with van der Waals surface area (Å²) < 4.78 is 5.36. The van der Waals surface area contributed by atoms with Crippen molar-refractivity contribution < 1.29 is 9.53 Å². The first-order chi connectivity index (χ1) is 12.9. The minimum atomic E-state index is -0.234. The van der Waals surface area contributed by atoms with Crippen molar-refractivity contribution in [3.63, 3.8) is 0 Å². The third kappa shape index (κ3) is 4.12. The van der Waals surface area contributed by atoms with Crippen LogP contribution in [0.25, 0.3) is 0 Å². The van der Waals surface area contributed by atoms with E-state index in [1.165, 1.54) is 12.8 Å². The number of rotatable bonds is 6. The molecule has 2 aromatic carbocycles. The lowest BCUT2D eigenvalue weighted by atomic mass is 9.86. The molecule has 2 aromatic rings. The zero-order chi connectivity index (χ0) is 19.4. The number of carbonyl (C=O) groups is 1. The number of amides is 1. The summed E-state index contributed by atoms with van der Waals surface area (Å²) >= 11 is 6.32. The molecular formula is C22H27ClN2O2. The maximum atomic E-state index is 13.2. The van der Waals surface area contributed by atoms with Crippen LogP contribution in [0.1, 0.15) is 48.7 Å². The quantitative estimate of drug-likeness (QED) is 0.782. The van der Waals surface area contributed by atoms with Crippen molar-refractivity contribution in [2.75, 3.05) is 20.2 Å². The van der Waals surface area contributed by atoms with E-state index in [4.69, 9.17) is 16.3 Å². The summed E-state index contributed by atoms with van der Waals surface area (Å²) in [6.45, 7) is 6.48. The molecule has 5 heteroatoms. The Morgan fingerprint density at radius 2 is 1.78 bits per heavy atom. The Kier molecular flexibility index (Phi) is 6.08. The molecule has 1 unspecified atom stereocenters. The molecule has 1 atom stereocenters. The first-order valence-corrected chi connectivity index (χ1v) is 9.76. The van der Waals surface area contributed by atoms with Crippen LogP contribution in [0.4, 0.5) is 0 Å². The number of halogens is 1. The Labute approximate surface area is 166 Å². The van der Waals surface area contributed by atoms with Crippen molar-refractivity contribution in [1.29, 1.82) is 0 Å². The summed E-state index contributed by atoms with van der Waals surface area (Å²) in [5.74, 6) is 0.254. The lowest BCUT2D eigenvalue weighted by Gasteiger charge is -2.42. The standard InChI is InChI=1S/C22H27ClN2O2/c1-22(2,25-14-7-8-15-25)20(16-10-5-4-6-11-16)24-21(26)19-17(23)12-9-13-18(19)27-3/h4-6,9-13,20H,7-8,14-15H2,1-3H3,(H,24,26). The molecule has 1 aliphatic heterocycles. The van der Waals surface area contributed by atoms with Crippen LogP contribution in [0.15, 0.2) is 48.5 Å². The fourth-order valence-electron chi connectivity index (χ4n) is 3.89. The molecule has 0 radical (unpaired) electrons. The number of likely N-dealkylation sites (tertiary alicyclic amines) is 1. The SMILES string of the molecule is COc1cccc(Cl)c1C(=O)NC(c1ccccc1)C(C)(C)N1CCCC1. The Hall–Kier alpha value is -2.04. The first kappa shape index (κ1) is 19.7. The van der Waals surface area contributed by atoms with Gasteiger partial charge in [-0.05, 0) is 57.5 Å². The van der Waals surface area contributed by atoms with Gasteiger partial charge in [-0.15, -0.1) is 0 Å². The van der Waals surface area contributed by atoms with E-state index in [-0.39, 0.29) is 17.5 Å². The molecule has 1 saturated heterocycles. The number of benzene rings is 2. The normalized spacial score (nSPS) is 16.1. The number of nitrogens with zero attached hydrogens (tertiary/aromatic N) is 1. The monoisotopic (exact) mass is 386 g/mol. The Bertz CT molecular complexity index is 786. The second-order valence-electron chi connectivity index (χ2n) is 7.48. The Morgan fingerprint density at radius 3 is 2.41 bits per heavy atom. The number of ether oxygens (including phenoxy) is 1. The molecule has 0 spiro atoms. The van der Waals surface area contributed by atoms with Crippen molar-refractivity contribution in [3.05, 3.63) is 64.7 Å². The third-order valence-electron chi connectivity index (χ3n) is 5.46. The average molecular weight is 387 g/mol. The van der Waals surface area contributed by atoms with Gasteiger partial charge in [0, 0.05) is 5.54 Å². The molecule has 1 fully saturated rings.